The molecule has 10 heteroatoms. The van der Waals surface area contributed by atoms with Crippen molar-refractivity contribution in [1.29, 1.82) is 0 Å². The van der Waals surface area contributed by atoms with Gasteiger partial charge in [0, 0.05) is 43.3 Å². The average Bonchev–Trinajstić information content (AvgIpc) is 3.44. The van der Waals surface area contributed by atoms with Gasteiger partial charge in [0.05, 0.1) is 25.6 Å². The fourth-order valence-corrected chi connectivity index (χ4v) is 4.75. The summed E-state index contributed by atoms with van der Waals surface area (Å²) in [6, 6.07) is 3.77. The highest BCUT2D eigenvalue weighted by Crippen LogP contribution is 2.28. The molecular formula is C23H27N7O2S. The minimum Gasteiger partial charge on any atom is -0.481 e. The minimum absolute atomic E-state index is 0.564. The Morgan fingerprint density at radius 1 is 1.15 bits per heavy atom. The SMILES string of the molecule is CCc1cnc(N2CCC(CCOc3nn4cc(-c5ccnc(OC)c5)nc4s3)CC2)nc1. The van der Waals surface area contributed by atoms with Crippen LogP contribution in [0.1, 0.15) is 31.7 Å². The smallest absolute Gasteiger partial charge is 0.294 e. The van der Waals surface area contributed by atoms with E-state index in [0.29, 0.717) is 23.6 Å². The second kappa shape index (κ2) is 9.70. The fourth-order valence-electron chi connectivity index (χ4n) is 3.99. The van der Waals surface area contributed by atoms with Crippen molar-refractivity contribution < 1.29 is 9.47 Å². The number of methoxy groups -OCH3 is 1. The van der Waals surface area contributed by atoms with Gasteiger partial charge in [-0.1, -0.05) is 6.92 Å². The molecule has 0 amide bonds. The predicted octanol–water partition coefficient (Wildman–Crippen LogP) is 3.90. The minimum atomic E-state index is 0.564. The Balaban J connectivity index is 1.11. The number of anilines is 1. The predicted molar refractivity (Wildman–Crippen MR) is 127 cm³/mol. The zero-order valence-corrected chi connectivity index (χ0v) is 19.7. The maximum absolute atomic E-state index is 5.95. The van der Waals surface area contributed by atoms with Gasteiger partial charge in [-0.05, 0) is 54.6 Å². The van der Waals surface area contributed by atoms with E-state index in [1.165, 1.54) is 16.9 Å². The molecule has 0 N–H and O–H groups in total. The van der Waals surface area contributed by atoms with E-state index >= 15 is 0 Å². The molecule has 0 unspecified atom stereocenters. The first-order valence-electron chi connectivity index (χ1n) is 11.3. The molecule has 4 aromatic rings. The Hall–Kier alpha value is -3.27. The molecule has 1 aliphatic rings. The monoisotopic (exact) mass is 465 g/mol. The Labute approximate surface area is 196 Å². The van der Waals surface area contributed by atoms with Gasteiger partial charge >= 0.3 is 0 Å². The van der Waals surface area contributed by atoms with E-state index in [2.05, 4.69) is 36.9 Å². The van der Waals surface area contributed by atoms with Gasteiger partial charge in [-0.3, -0.25) is 0 Å². The number of fused-ring (bicyclic) bond motifs is 1. The molecule has 5 rings (SSSR count). The van der Waals surface area contributed by atoms with Gasteiger partial charge in [0.15, 0.2) is 0 Å². The Morgan fingerprint density at radius 2 is 1.97 bits per heavy atom. The maximum Gasteiger partial charge on any atom is 0.294 e. The number of piperidine rings is 1. The van der Waals surface area contributed by atoms with Crippen LogP contribution >= 0.6 is 11.3 Å². The molecule has 5 heterocycles. The van der Waals surface area contributed by atoms with E-state index in [0.717, 1.165) is 60.9 Å². The summed E-state index contributed by atoms with van der Waals surface area (Å²) in [5.41, 5.74) is 2.95. The van der Waals surface area contributed by atoms with Crippen LogP contribution in [0.4, 0.5) is 5.95 Å². The number of aromatic nitrogens is 6. The van der Waals surface area contributed by atoms with E-state index in [9.17, 15) is 0 Å². The molecule has 1 saturated heterocycles. The fraction of sp³-hybridized carbons (Fsp3) is 0.435. The van der Waals surface area contributed by atoms with Gasteiger partial charge in [0.25, 0.3) is 5.19 Å². The highest BCUT2D eigenvalue weighted by Gasteiger charge is 2.21. The molecule has 1 fully saturated rings. The van der Waals surface area contributed by atoms with Crippen LogP contribution in [-0.4, -0.2) is 56.4 Å². The van der Waals surface area contributed by atoms with E-state index in [1.54, 1.807) is 17.8 Å². The van der Waals surface area contributed by atoms with E-state index in [4.69, 9.17) is 9.47 Å². The Bertz CT molecular complexity index is 1170. The maximum atomic E-state index is 5.95. The molecule has 4 aromatic heterocycles. The second-order valence-electron chi connectivity index (χ2n) is 8.12. The summed E-state index contributed by atoms with van der Waals surface area (Å²) >= 11 is 1.46. The highest BCUT2D eigenvalue weighted by molar-refractivity contribution is 7.18. The molecule has 0 radical (unpaired) electrons. The zero-order chi connectivity index (χ0) is 22.6. The van der Waals surface area contributed by atoms with E-state index in [1.807, 2.05) is 30.7 Å². The Kier molecular flexibility index (Phi) is 6.34. The summed E-state index contributed by atoms with van der Waals surface area (Å²) in [5, 5.41) is 5.18. The van der Waals surface area contributed by atoms with Crippen LogP contribution in [-0.2, 0) is 6.42 Å². The summed E-state index contributed by atoms with van der Waals surface area (Å²) < 4.78 is 12.9. The van der Waals surface area contributed by atoms with Crippen molar-refractivity contribution in [2.45, 2.75) is 32.6 Å². The second-order valence-corrected chi connectivity index (χ2v) is 9.04. The molecule has 0 bridgehead atoms. The summed E-state index contributed by atoms with van der Waals surface area (Å²) in [6.45, 7) is 4.76. The average molecular weight is 466 g/mol. The first-order valence-corrected chi connectivity index (χ1v) is 12.1. The number of pyridine rings is 1. The number of hydrogen-bond acceptors (Lipinski definition) is 9. The van der Waals surface area contributed by atoms with Crippen LogP contribution in [0.25, 0.3) is 16.2 Å². The first-order chi connectivity index (χ1) is 16.2. The molecule has 1 aliphatic heterocycles. The van der Waals surface area contributed by atoms with Crippen molar-refractivity contribution in [3.05, 3.63) is 42.5 Å². The van der Waals surface area contributed by atoms with Crippen molar-refractivity contribution in [3.63, 3.8) is 0 Å². The van der Waals surface area contributed by atoms with Gasteiger partial charge < -0.3 is 14.4 Å². The van der Waals surface area contributed by atoms with Gasteiger partial charge in [-0.2, -0.15) is 0 Å². The third-order valence-corrected chi connectivity index (χ3v) is 6.85. The standard InChI is InChI=1S/C23H27N7O2S/c1-3-16-13-25-21(26-14-16)29-9-5-17(6-10-29)7-11-32-23-28-30-15-19(27-22(30)33-23)18-4-8-24-20(12-18)31-2/h4,8,12-15,17H,3,5-7,9-11H2,1-2H3. The molecule has 33 heavy (non-hydrogen) atoms. The van der Waals surface area contributed by atoms with E-state index < -0.39 is 0 Å². The molecule has 0 aromatic carbocycles. The van der Waals surface area contributed by atoms with E-state index in [-0.39, 0.29) is 0 Å². The summed E-state index contributed by atoms with van der Waals surface area (Å²) in [6.07, 6.45) is 11.7. The van der Waals surface area contributed by atoms with Crippen LogP contribution < -0.4 is 14.4 Å². The number of hydrogen-bond donors (Lipinski definition) is 0. The first kappa shape index (κ1) is 21.6. The van der Waals surface area contributed by atoms with Crippen molar-refractivity contribution in [1.82, 2.24) is 29.5 Å². The van der Waals surface area contributed by atoms with Gasteiger partial charge in [0.2, 0.25) is 16.8 Å². The third kappa shape index (κ3) is 4.90. The van der Waals surface area contributed by atoms with Crippen molar-refractivity contribution in [2.24, 2.45) is 5.92 Å². The highest BCUT2D eigenvalue weighted by atomic mass is 32.1. The van der Waals surface area contributed by atoms with Gasteiger partial charge in [-0.15, -0.1) is 5.10 Å². The molecular weight excluding hydrogens is 438 g/mol. The lowest BCUT2D eigenvalue weighted by atomic mass is 9.94. The van der Waals surface area contributed by atoms with Crippen molar-refractivity contribution in [3.8, 4) is 22.3 Å². The molecule has 0 spiro atoms. The molecule has 172 valence electrons. The molecule has 0 saturated carbocycles. The number of imidazole rings is 1. The number of rotatable bonds is 8. The van der Waals surface area contributed by atoms with Gasteiger partial charge in [0.1, 0.15) is 0 Å². The molecule has 9 nitrogen and oxygen atoms in total. The van der Waals surface area contributed by atoms with Crippen LogP contribution in [0.2, 0.25) is 0 Å². The quantitative estimate of drug-likeness (QED) is 0.387. The topological polar surface area (TPSA) is 90.6 Å². The third-order valence-electron chi connectivity index (χ3n) is 6.01. The van der Waals surface area contributed by atoms with Gasteiger partial charge in [-0.25, -0.2) is 24.5 Å². The molecule has 0 aliphatic carbocycles. The number of aryl methyl sites for hydroxylation is 1. The van der Waals surface area contributed by atoms with Crippen LogP contribution in [0, 0.1) is 5.92 Å². The lowest BCUT2D eigenvalue weighted by molar-refractivity contribution is 0.255. The lowest BCUT2D eigenvalue weighted by Gasteiger charge is -2.31. The van der Waals surface area contributed by atoms with Crippen LogP contribution in [0.3, 0.4) is 0 Å². The zero-order valence-electron chi connectivity index (χ0n) is 18.8. The normalized spacial score (nSPS) is 14.7. The summed E-state index contributed by atoms with van der Waals surface area (Å²) in [4.78, 5) is 20.9. The van der Waals surface area contributed by atoms with Crippen molar-refractivity contribution in [2.75, 3.05) is 31.7 Å². The Morgan fingerprint density at radius 3 is 2.70 bits per heavy atom. The lowest BCUT2D eigenvalue weighted by Crippen LogP contribution is -2.35. The summed E-state index contributed by atoms with van der Waals surface area (Å²) in [5.74, 6) is 2.06. The van der Waals surface area contributed by atoms with Crippen LogP contribution in [0.15, 0.2) is 36.9 Å². The van der Waals surface area contributed by atoms with Crippen LogP contribution in [0.5, 0.6) is 11.1 Å². The summed E-state index contributed by atoms with van der Waals surface area (Å²) in [7, 11) is 1.60. The number of ether oxygens (including phenoxy) is 2. The largest absolute Gasteiger partial charge is 0.481 e. The molecule has 0 atom stereocenters. The van der Waals surface area contributed by atoms with Crippen molar-refractivity contribution >= 4 is 22.2 Å². The number of nitrogens with zero attached hydrogens (tertiary/aromatic N) is 7.